The van der Waals surface area contributed by atoms with Crippen LogP contribution in [0.25, 0.3) is 0 Å². The van der Waals surface area contributed by atoms with Gasteiger partial charge in [-0.3, -0.25) is 9.59 Å². The summed E-state index contributed by atoms with van der Waals surface area (Å²) in [6, 6.07) is 7.67. The van der Waals surface area contributed by atoms with Crippen LogP contribution in [0.4, 0.5) is 0 Å². The molecule has 0 bridgehead atoms. The lowest BCUT2D eigenvalue weighted by atomic mass is 10.2. The van der Waals surface area contributed by atoms with Gasteiger partial charge in [-0.25, -0.2) is 4.79 Å². The highest BCUT2D eigenvalue weighted by Crippen LogP contribution is 2.10. The van der Waals surface area contributed by atoms with E-state index in [0.717, 1.165) is 0 Å². The molecule has 0 aliphatic heterocycles. The highest BCUT2D eigenvalue weighted by molar-refractivity contribution is 9.11. The lowest BCUT2D eigenvalue weighted by molar-refractivity contribution is -0.144. The summed E-state index contributed by atoms with van der Waals surface area (Å²) in [5.74, 6) is -1.44. The van der Waals surface area contributed by atoms with Crippen molar-refractivity contribution >= 4 is 33.7 Å². The molecule has 0 aliphatic rings. The maximum absolute atomic E-state index is 11.8. The van der Waals surface area contributed by atoms with Gasteiger partial charge in [0.05, 0.1) is 13.7 Å². The molecule has 1 atom stereocenters. The summed E-state index contributed by atoms with van der Waals surface area (Å²) < 4.78 is 5.16. The Balaban J connectivity index is 2.51. The Morgan fingerprint density at radius 3 is 2.45 bits per heavy atom. The second-order valence-corrected chi connectivity index (χ2v) is 5.53. The zero-order chi connectivity index (χ0) is 16.5. The van der Waals surface area contributed by atoms with Crippen LogP contribution in [0.15, 0.2) is 41.4 Å². The van der Waals surface area contributed by atoms with Gasteiger partial charge in [0.1, 0.15) is 6.04 Å². The van der Waals surface area contributed by atoms with Crippen molar-refractivity contribution < 1.29 is 19.1 Å². The fourth-order valence-electron chi connectivity index (χ4n) is 1.65. The van der Waals surface area contributed by atoms with Crippen LogP contribution in [0.3, 0.4) is 0 Å². The number of hydrogen-bond acceptors (Lipinski definition) is 4. The Morgan fingerprint density at radius 2 is 1.91 bits per heavy atom. The molecule has 0 unspecified atom stereocenters. The van der Waals surface area contributed by atoms with E-state index in [1.54, 1.807) is 30.3 Å². The first-order valence-electron chi connectivity index (χ1n) is 6.47. The second kappa shape index (κ2) is 8.99. The van der Waals surface area contributed by atoms with Gasteiger partial charge in [0, 0.05) is 12.0 Å². The van der Waals surface area contributed by atoms with Gasteiger partial charge in [-0.05, 0) is 16.6 Å². The highest BCUT2D eigenvalue weighted by atomic mass is 79.9. The molecule has 0 saturated carbocycles. The number of amides is 2. The van der Waals surface area contributed by atoms with Crippen molar-refractivity contribution in [3.05, 3.63) is 47.0 Å². The molecule has 0 spiro atoms. The van der Waals surface area contributed by atoms with Crippen LogP contribution in [-0.2, 0) is 14.3 Å². The number of nitrogens with one attached hydrogen (secondary N) is 2. The van der Waals surface area contributed by atoms with Crippen molar-refractivity contribution in [2.45, 2.75) is 12.5 Å². The number of hydrogen-bond donors (Lipinski definition) is 2. The van der Waals surface area contributed by atoms with Gasteiger partial charge >= 0.3 is 5.97 Å². The van der Waals surface area contributed by atoms with Crippen LogP contribution >= 0.6 is 15.9 Å². The van der Waals surface area contributed by atoms with E-state index in [1.807, 2.05) is 0 Å². The molecule has 1 aromatic carbocycles. The predicted molar refractivity (Wildman–Crippen MR) is 85.4 cm³/mol. The number of esters is 1. The van der Waals surface area contributed by atoms with Gasteiger partial charge in [-0.15, -0.1) is 0 Å². The average Bonchev–Trinajstić information content (AvgIpc) is 2.51. The molecule has 0 aromatic heterocycles. The lowest BCUT2D eigenvalue weighted by Crippen LogP contribution is -2.46. The quantitative estimate of drug-likeness (QED) is 0.712. The van der Waals surface area contributed by atoms with E-state index in [0.29, 0.717) is 10.0 Å². The molecule has 22 heavy (non-hydrogen) atoms. The third-order valence-corrected chi connectivity index (χ3v) is 3.02. The monoisotopic (exact) mass is 368 g/mol. The Morgan fingerprint density at radius 1 is 1.27 bits per heavy atom. The zero-order valence-electron chi connectivity index (χ0n) is 12.1. The molecular formula is C15H17BrN2O4. The van der Waals surface area contributed by atoms with Crippen molar-refractivity contribution in [2.24, 2.45) is 0 Å². The molecule has 6 nitrogen and oxygen atoms in total. The summed E-state index contributed by atoms with van der Waals surface area (Å²) in [5, 5.41) is 4.96. The first-order valence-corrected chi connectivity index (χ1v) is 7.27. The van der Waals surface area contributed by atoms with Crippen LogP contribution < -0.4 is 10.6 Å². The van der Waals surface area contributed by atoms with E-state index in [-0.39, 0.29) is 18.9 Å². The van der Waals surface area contributed by atoms with Crippen LogP contribution in [0.5, 0.6) is 0 Å². The first-order chi connectivity index (χ1) is 10.4. The minimum absolute atomic E-state index is 0.199. The van der Waals surface area contributed by atoms with Gasteiger partial charge < -0.3 is 15.4 Å². The molecule has 0 saturated heterocycles. The number of methoxy groups -OCH3 is 1. The van der Waals surface area contributed by atoms with Crippen LogP contribution in [-0.4, -0.2) is 37.5 Å². The van der Waals surface area contributed by atoms with Gasteiger partial charge in [-0.1, -0.05) is 40.7 Å². The van der Waals surface area contributed by atoms with Crippen molar-refractivity contribution in [1.29, 1.82) is 0 Å². The summed E-state index contributed by atoms with van der Waals surface area (Å²) in [7, 11) is 1.23. The van der Waals surface area contributed by atoms with Crippen molar-refractivity contribution in [3.63, 3.8) is 0 Å². The van der Waals surface area contributed by atoms with Gasteiger partial charge in [0.15, 0.2) is 0 Å². The topological polar surface area (TPSA) is 84.5 Å². The summed E-state index contributed by atoms with van der Waals surface area (Å²) in [6.07, 6.45) is 0.199. The molecule has 0 aliphatic carbocycles. The van der Waals surface area contributed by atoms with Crippen molar-refractivity contribution in [1.82, 2.24) is 10.6 Å². The SMILES string of the molecule is C=C(Br)C[C@@H](NC(=O)CNC(=O)c1ccccc1)C(=O)OC. The van der Waals surface area contributed by atoms with Crippen LogP contribution in [0.2, 0.25) is 0 Å². The molecule has 0 heterocycles. The Bertz CT molecular complexity index is 560. The van der Waals surface area contributed by atoms with E-state index in [9.17, 15) is 14.4 Å². The molecule has 0 fully saturated rings. The standard InChI is InChI=1S/C15H17BrN2O4/c1-10(16)8-12(15(21)22-2)18-13(19)9-17-14(20)11-6-4-3-5-7-11/h3-7,12H,1,8-9H2,2H3,(H,17,20)(H,18,19)/t12-/m1/s1. The molecule has 1 rings (SSSR count). The van der Waals surface area contributed by atoms with Crippen molar-refractivity contribution in [2.75, 3.05) is 13.7 Å². The number of carbonyl (C=O) groups is 3. The summed E-state index contributed by atoms with van der Waals surface area (Å²) >= 11 is 3.13. The molecular weight excluding hydrogens is 352 g/mol. The number of carbonyl (C=O) groups excluding carboxylic acids is 3. The highest BCUT2D eigenvalue weighted by Gasteiger charge is 2.22. The van der Waals surface area contributed by atoms with Crippen LogP contribution in [0, 0.1) is 0 Å². The van der Waals surface area contributed by atoms with Gasteiger partial charge in [0.25, 0.3) is 5.91 Å². The predicted octanol–water partition coefficient (Wildman–Crippen LogP) is 1.37. The smallest absolute Gasteiger partial charge is 0.328 e. The third kappa shape index (κ3) is 6.09. The summed E-state index contributed by atoms with van der Waals surface area (Å²) in [6.45, 7) is 3.38. The largest absolute Gasteiger partial charge is 0.467 e. The van der Waals surface area contributed by atoms with E-state index < -0.39 is 17.9 Å². The molecule has 2 N–H and O–H groups in total. The van der Waals surface area contributed by atoms with Gasteiger partial charge in [0.2, 0.25) is 5.91 Å². The fraction of sp³-hybridized carbons (Fsp3) is 0.267. The van der Waals surface area contributed by atoms with E-state index >= 15 is 0 Å². The summed E-state index contributed by atoms with van der Waals surface area (Å²) in [4.78, 5) is 35.2. The van der Waals surface area contributed by atoms with E-state index in [4.69, 9.17) is 0 Å². The first kappa shape index (κ1) is 17.9. The zero-order valence-corrected chi connectivity index (χ0v) is 13.7. The third-order valence-electron chi connectivity index (χ3n) is 2.69. The molecule has 7 heteroatoms. The average molecular weight is 369 g/mol. The minimum atomic E-state index is -0.849. The Labute approximate surface area is 137 Å². The van der Waals surface area contributed by atoms with Gasteiger partial charge in [-0.2, -0.15) is 0 Å². The molecule has 1 aromatic rings. The molecule has 118 valence electrons. The fourth-order valence-corrected chi connectivity index (χ4v) is 1.98. The number of ether oxygens (including phenoxy) is 1. The Hall–Kier alpha value is -2.15. The summed E-state index contributed by atoms with van der Waals surface area (Å²) in [5.41, 5.74) is 0.452. The van der Waals surface area contributed by atoms with E-state index in [2.05, 4.69) is 37.9 Å². The number of halogens is 1. The maximum atomic E-state index is 11.8. The molecule has 2 amide bonds. The second-order valence-electron chi connectivity index (χ2n) is 4.41. The number of rotatable bonds is 7. The lowest BCUT2D eigenvalue weighted by Gasteiger charge is -2.16. The van der Waals surface area contributed by atoms with Crippen molar-refractivity contribution in [3.8, 4) is 0 Å². The molecule has 0 radical (unpaired) electrons. The Kier molecular flexibility index (Phi) is 7.31. The normalized spacial score (nSPS) is 11.2. The van der Waals surface area contributed by atoms with Crippen LogP contribution in [0.1, 0.15) is 16.8 Å². The van der Waals surface area contributed by atoms with E-state index in [1.165, 1.54) is 7.11 Å². The minimum Gasteiger partial charge on any atom is -0.467 e. The maximum Gasteiger partial charge on any atom is 0.328 e. The number of benzene rings is 1.